The van der Waals surface area contributed by atoms with Crippen molar-refractivity contribution in [3.05, 3.63) is 54.1 Å². The normalized spacial score (nSPS) is 23.8. The molecule has 4 heterocycles. The van der Waals surface area contributed by atoms with Crippen molar-refractivity contribution in [3.63, 3.8) is 0 Å². The molecule has 0 aromatic heterocycles. The minimum Gasteiger partial charge on any atom is -0.459 e. The molecule has 8 N–H and O–H groups in total. The highest BCUT2D eigenvalue weighted by Crippen LogP contribution is 2.43. The topological polar surface area (TPSA) is 308 Å². The van der Waals surface area contributed by atoms with Crippen molar-refractivity contribution in [3.8, 4) is 0 Å². The zero-order chi connectivity index (χ0) is 60.6. The van der Waals surface area contributed by atoms with E-state index < -0.39 is 48.1 Å². The van der Waals surface area contributed by atoms with Crippen LogP contribution in [0.5, 0.6) is 0 Å². The summed E-state index contributed by atoms with van der Waals surface area (Å²) in [4.78, 5) is 117. The quantitative estimate of drug-likeness (QED) is 0.0133. The second kappa shape index (κ2) is 34.0. The van der Waals surface area contributed by atoms with Gasteiger partial charge >= 0.3 is 18.1 Å². The van der Waals surface area contributed by atoms with Gasteiger partial charge in [0.25, 0.3) is 0 Å². The highest BCUT2D eigenvalue weighted by molar-refractivity contribution is 9.09. The Labute approximate surface area is 496 Å². The molecule has 1 aromatic carbocycles. The van der Waals surface area contributed by atoms with Crippen LogP contribution in [0.1, 0.15) is 131 Å². The van der Waals surface area contributed by atoms with Crippen LogP contribution in [0.25, 0.3) is 0 Å². The van der Waals surface area contributed by atoms with E-state index in [0.717, 1.165) is 25.7 Å². The third-order valence-corrected chi connectivity index (χ3v) is 15.8. The van der Waals surface area contributed by atoms with Crippen molar-refractivity contribution < 1.29 is 66.8 Å². The molecule has 9 amide bonds. The van der Waals surface area contributed by atoms with Crippen molar-refractivity contribution in [2.45, 2.75) is 186 Å². The third-order valence-electron chi connectivity index (χ3n) is 15.3. The Kier molecular flexibility index (Phi) is 27.7. The number of allylic oxidation sites excluding steroid dienone is 1. The van der Waals surface area contributed by atoms with Gasteiger partial charge in [-0.2, -0.15) is 0 Å². The summed E-state index contributed by atoms with van der Waals surface area (Å²) < 4.78 is 29.5. The van der Waals surface area contributed by atoms with Gasteiger partial charge in [-0.25, -0.2) is 9.59 Å². The maximum absolute atomic E-state index is 13.6. The lowest BCUT2D eigenvalue weighted by atomic mass is 9.86. The van der Waals surface area contributed by atoms with Crippen molar-refractivity contribution in [2.75, 3.05) is 56.5 Å². The highest BCUT2D eigenvalue weighted by Gasteiger charge is 2.51. The fourth-order valence-corrected chi connectivity index (χ4v) is 10.7. The number of unbranched alkanes of at least 4 members (excludes halogenated alkanes) is 2. The number of urea groups is 1. The van der Waals surface area contributed by atoms with Crippen LogP contribution in [0.3, 0.4) is 0 Å². The predicted octanol–water partition coefficient (Wildman–Crippen LogP) is 5.04. The van der Waals surface area contributed by atoms with Crippen LogP contribution in [0.2, 0.25) is 0 Å². The Morgan fingerprint density at radius 1 is 0.831 bits per heavy atom. The van der Waals surface area contributed by atoms with E-state index in [4.69, 9.17) is 29.4 Å². The molecule has 0 aliphatic carbocycles. The first-order valence-electron chi connectivity index (χ1n) is 29.4. The maximum Gasteiger partial charge on any atom is 0.410 e. The molecule has 0 bridgehead atoms. The van der Waals surface area contributed by atoms with Crippen molar-refractivity contribution in [2.24, 2.45) is 23.5 Å². The van der Waals surface area contributed by atoms with E-state index in [1.165, 1.54) is 13.0 Å². The summed E-state index contributed by atoms with van der Waals surface area (Å²) in [7, 11) is 0. The Balaban J connectivity index is 1.01. The number of hydrogen-bond donors (Lipinski definition) is 7. The van der Waals surface area contributed by atoms with Gasteiger partial charge in [0.05, 0.1) is 54.4 Å². The molecule has 1 aromatic rings. The number of carbonyl (C=O) groups is 9. The lowest BCUT2D eigenvalue weighted by molar-refractivity contribution is -0.143. The van der Waals surface area contributed by atoms with E-state index in [1.807, 2.05) is 6.92 Å². The minimum atomic E-state index is -1.03. The van der Waals surface area contributed by atoms with Crippen LogP contribution in [0.15, 0.2) is 48.6 Å². The largest absolute Gasteiger partial charge is 0.459 e. The lowest BCUT2D eigenvalue weighted by Gasteiger charge is -2.39. The first-order chi connectivity index (χ1) is 39.5. The Bertz CT molecular complexity index is 2400. The number of halogens is 1. The van der Waals surface area contributed by atoms with Crippen molar-refractivity contribution >= 4 is 75.2 Å². The van der Waals surface area contributed by atoms with Crippen LogP contribution in [-0.4, -0.2) is 169 Å². The van der Waals surface area contributed by atoms with Gasteiger partial charge in [-0.3, -0.25) is 33.6 Å². The molecule has 23 nitrogen and oxygen atoms in total. The molecule has 83 heavy (non-hydrogen) atoms. The standard InChI is InChI=1S/C59H90BrN9O14/c1-37(2)54(67-50(71)13-9-8-10-24-62-52(73)34-60)56(76)66-47(12-11-25-63-57(61)77)55(75)64-44-19-17-43(18-20-44)35-79-58(78)69-28-26-68(27-29-69)53(74)31-46-33-59(36-80-59)32-45(83-46)21-14-38(3)15-22-49-39(4)30-48(41(6)82-49)65-51(72)23-16-40(5)81-42(7)70/h14,16-21,23,37-41,45-49,54H,8-13,15,22,24-36H2,1-7H3,(H,62,73)(H,64,75)(H,65,72)(H,66,76)(H,67,71)(H3,61,63,77)/b21-14+,23-16-/t38?,39-,40-,41+,45+,46+,47-,48+,49-,54-,59+/m0/s1. The van der Waals surface area contributed by atoms with E-state index in [2.05, 4.69) is 73.8 Å². The first kappa shape index (κ1) is 67.7. The van der Waals surface area contributed by atoms with Crippen LogP contribution in [0, 0.1) is 17.8 Å². The van der Waals surface area contributed by atoms with E-state index in [-0.39, 0.29) is 115 Å². The van der Waals surface area contributed by atoms with E-state index in [0.29, 0.717) is 82.7 Å². The number of nitrogens with two attached hydrogens (primary N) is 1. The zero-order valence-corrected chi connectivity index (χ0v) is 51.0. The van der Waals surface area contributed by atoms with Crippen molar-refractivity contribution in [1.29, 1.82) is 0 Å². The molecule has 11 atom stereocenters. The van der Waals surface area contributed by atoms with Gasteiger partial charge in [0, 0.05) is 77.2 Å². The predicted molar refractivity (Wildman–Crippen MR) is 313 cm³/mol. The second-order valence-electron chi connectivity index (χ2n) is 22.9. The summed E-state index contributed by atoms with van der Waals surface area (Å²) in [6.07, 6.45) is 12.4. The van der Waals surface area contributed by atoms with Gasteiger partial charge in [-0.1, -0.05) is 74.3 Å². The number of alkyl halides is 1. The van der Waals surface area contributed by atoms with Gasteiger partial charge < -0.3 is 71.1 Å². The number of amides is 9. The monoisotopic (exact) mass is 1230 g/mol. The van der Waals surface area contributed by atoms with E-state index >= 15 is 0 Å². The molecule has 0 saturated carbocycles. The fraction of sp³-hybridized carbons (Fsp3) is 0.678. The van der Waals surface area contributed by atoms with Crippen LogP contribution < -0.4 is 37.6 Å². The van der Waals surface area contributed by atoms with Gasteiger partial charge in [0.15, 0.2) is 0 Å². The van der Waals surface area contributed by atoms with E-state index in [1.54, 1.807) is 60.9 Å². The van der Waals surface area contributed by atoms with Gasteiger partial charge in [0.1, 0.15) is 24.8 Å². The minimum absolute atomic E-state index is 0.0373. The Morgan fingerprint density at radius 3 is 2.19 bits per heavy atom. The molecule has 4 aliphatic heterocycles. The molecule has 462 valence electrons. The number of nitrogens with one attached hydrogen (secondary N) is 6. The third kappa shape index (κ3) is 24.2. The summed E-state index contributed by atoms with van der Waals surface area (Å²) in [5.41, 5.74) is 6.02. The number of anilines is 1. The van der Waals surface area contributed by atoms with Crippen LogP contribution in [-0.2, 0) is 63.9 Å². The van der Waals surface area contributed by atoms with Gasteiger partial charge in [-0.15, -0.1) is 0 Å². The first-order valence-corrected chi connectivity index (χ1v) is 30.5. The number of epoxide rings is 1. The SMILES string of the molecule is CC(=O)O[C@@H](C)/C=C\C(=O)N[C@@H]1C[C@H](C)[C@H](CCC(C)/C=C/[C@@H]2C[C@]3(CO3)C[C@@H](CC(=O)N3CCN(C(=O)OCc4ccc(NC(=O)[C@H](CCCNC(N)=O)NC(=O)[C@@H](NC(=O)CCCCCNC(=O)CBr)C(C)C)cc4)CC3)O2)O[C@@H]1C. The molecule has 1 unspecified atom stereocenters. The van der Waals surface area contributed by atoms with Crippen LogP contribution >= 0.6 is 15.9 Å². The molecule has 4 aliphatic rings. The average molecular weight is 1230 g/mol. The zero-order valence-electron chi connectivity index (χ0n) is 49.4. The molecule has 24 heteroatoms. The number of piperazine rings is 1. The molecule has 4 saturated heterocycles. The molecular weight excluding hydrogens is 1140 g/mol. The number of ether oxygens (including phenoxy) is 5. The number of nitrogens with zero attached hydrogens (tertiary/aromatic N) is 2. The smallest absolute Gasteiger partial charge is 0.410 e. The van der Waals surface area contributed by atoms with E-state index in [9.17, 15) is 43.2 Å². The van der Waals surface area contributed by atoms with Crippen LogP contribution in [0.4, 0.5) is 15.3 Å². The number of rotatable bonds is 30. The molecular formula is C59H90BrN9O14. The highest BCUT2D eigenvalue weighted by atomic mass is 79.9. The summed E-state index contributed by atoms with van der Waals surface area (Å²) >= 11 is 3.10. The average Bonchev–Trinajstić information content (AvgIpc) is 3.67. The molecule has 0 radical (unpaired) electrons. The summed E-state index contributed by atoms with van der Waals surface area (Å²) in [5.74, 6) is -1.99. The number of esters is 1. The van der Waals surface area contributed by atoms with Gasteiger partial charge in [0.2, 0.25) is 35.4 Å². The molecule has 5 rings (SSSR count). The lowest BCUT2D eigenvalue weighted by Crippen LogP contribution is -2.54. The fourth-order valence-electron chi connectivity index (χ4n) is 10.5. The number of carbonyl (C=O) groups excluding carboxylic acids is 9. The summed E-state index contributed by atoms with van der Waals surface area (Å²) in [5, 5.41) is 16.9. The van der Waals surface area contributed by atoms with Gasteiger partial charge in [-0.05, 0) is 100 Å². The summed E-state index contributed by atoms with van der Waals surface area (Å²) in [6, 6.07) is 3.90. The Morgan fingerprint density at radius 2 is 1.53 bits per heavy atom. The Hall–Kier alpha value is -6.11. The second-order valence-corrected chi connectivity index (χ2v) is 23.4. The van der Waals surface area contributed by atoms with Crippen molar-refractivity contribution in [1.82, 2.24) is 36.4 Å². The molecule has 4 fully saturated rings. The summed E-state index contributed by atoms with van der Waals surface area (Å²) in [6.45, 7) is 15.5. The molecule has 1 spiro atoms. The maximum atomic E-state index is 13.6. The number of benzene rings is 1. The number of hydrogen-bond acceptors (Lipinski definition) is 14. The number of primary amides is 1.